The Kier molecular flexibility index (Phi) is 6.06. The van der Waals surface area contributed by atoms with Gasteiger partial charge in [0.15, 0.2) is 0 Å². The average molecular weight is 369 g/mol. The normalized spacial score (nSPS) is 14.7. The minimum atomic E-state index is -0.316. The predicted molar refractivity (Wildman–Crippen MR) is 103 cm³/mol. The lowest BCUT2D eigenvalue weighted by Crippen LogP contribution is -2.44. The van der Waals surface area contributed by atoms with Gasteiger partial charge in [0, 0.05) is 38.3 Å². The molecule has 6 heteroatoms. The summed E-state index contributed by atoms with van der Waals surface area (Å²) in [5.41, 5.74) is 2.21. The van der Waals surface area contributed by atoms with Crippen LogP contribution in [0.3, 0.4) is 0 Å². The second-order valence-electron chi connectivity index (χ2n) is 6.79. The Balaban J connectivity index is 1.65. The molecule has 0 unspecified atom stereocenters. The number of para-hydroxylation sites is 1. The summed E-state index contributed by atoms with van der Waals surface area (Å²) in [6.45, 7) is 3.36. The molecule has 1 heterocycles. The molecule has 0 atom stereocenters. The van der Waals surface area contributed by atoms with Crippen LogP contribution in [0, 0.1) is 5.82 Å². The molecule has 1 aliphatic rings. The van der Waals surface area contributed by atoms with Crippen LogP contribution in [0.5, 0.6) is 0 Å². The summed E-state index contributed by atoms with van der Waals surface area (Å²) in [5, 5.41) is 5.83. The standard InChI is InChI=1S/C21H24FN3O2/c1-15(26)24-18-9-11-25(12-10-18)20-8-3-2-7-19(20)21(27)23-14-16-5-4-6-17(22)13-16/h2-8,13,18H,9-12,14H2,1H3,(H,23,27)(H,24,26). The Morgan fingerprint density at radius 1 is 1.11 bits per heavy atom. The zero-order valence-corrected chi connectivity index (χ0v) is 15.4. The zero-order chi connectivity index (χ0) is 19.2. The average Bonchev–Trinajstić information content (AvgIpc) is 2.66. The van der Waals surface area contributed by atoms with Crippen molar-refractivity contribution in [2.75, 3.05) is 18.0 Å². The van der Waals surface area contributed by atoms with Crippen molar-refractivity contribution in [2.24, 2.45) is 0 Å². The molecule has 142 valence electrons. The van der Waals surface area contributed by atoms with Gasteiger partial charge in [-0.05, 0) is 42.7 Å². The van der Waals surface area contributed by atoms with Gasteiger partial charge in [-0.25, -0.2) is 4.39 Å². The fourth-order valence-electron chi connectivity index (χ4n) is 3.42. The first-order valence-electron chi connectivity index (χ1n) is 9.16. The Labute approximate surface area is 158 Å². The van der Waals surface area contributed by atoms with E-state index in [1.54, 1.807) is 18.2 Å². The zero-order valence-electron chi connectivity index (χ0n) is 15.4. The van der Waals surface area contributed by atoms with Crippen molar-refractivity contribution in [1.82, 2.24) is 10.6 Å². The van der Waals surface area contributed by atoms with Gasteiger partial charge in [0.1, 0.15) is 5.82 Å². The Hall–Kier alpha value is -2.89. The molecule has 1 fully saturated rings. The molecule has 1 saturated heterocycles. The molecule has 2 N–H and O–H groups in total. The fraction of sp³-hybridized carbons (Fsp3) is 0.333. The summed E-state index contributed by atoms with van der Waals surface area (Å²) >= 11 is 0. The van der Waals surface area contributed by atoms with E-state index < -0.39 is 0 Å². The van der Waals surface area contributed by atoms with Crippen molar-refractivity contribution < 1.29 is 14.0 Å². The van der Waals surface area contributed by atoms with Gasteiger partial charge in [-0.2, -0.15) is 0 Å². The SMILES string of the molecule is CC(=O)NC1CCN(c2ccccc2C(=O)NCc2cccc(F)c2)CC1. The van der Waals surface area contributed by atoms with E-state index in [9.17, 15) is 14.0 Å². The van der Waals surface area contributed by atoms with Crippen LogP contribution in [0.2, 0.25) is 0 Å². The predicted octanol–water partition coefficient (Wildman–Crippen LogP) is 2.86. The van der Waals surface area contributed by atoms with Crippen molar-refractivity contribution in [3.8, 4) is 0 Å². The third kappa shape index (κ3) is 5.06. The molecule has 0 spiro atoms. The lowest BCUT2D eigenvalue weighted by molar-refractivity contribution is -0.119. The topological polar surface area (TPSA) is 61.4 Å². The quantitative estimate of drug-likeness (QED) is 0.852. The third-order valence-electron chi connectivity index (χ3n) is 4.73. The molecule has 0 bridgehead atoms. The van der Waals surface area contributed by atoms with E-state index >= 15 is 0 Å². The summed E-state index contributed by atoms with van der Waals surface area (Å²) in [6.07, 6.45) is 1.69. The second kappa shape index (κ2) is 8.66. The maximum atomic E-state index is 13.3. The van der Waals surface area contributed by atoms with Crippen molar-refractivity contribution in [3.05, 3.63) is 65.5 Å². The molecule has 0 saturated carbocycles. The lowest BCUT2D eigenvalue weighted by atomic mass is 10.0. The number of benzene rings is 2. The minimum absolute atomic E-state index is 0.00873. The van der Waals surface area contributed by atoms with E-state index in [0.717, 1.165) is 37.2 Å². The van der Waals surface area contributed by atoms with Gasteiger partial charge >= 0.3 is 0 Å². The molecule has 3 rings (SSSR count). The van der Waals surface area contributed by atoms with Gasteiger partial charge in [0.25, 0.3) is 5.91 Å². The molecule has 0 aromatic heterocycles. The first-order valence-corrected chi connectivity index (χ1v) is 9.16. The van der Waals surface area contributed by atoms with Crippen LogP contribution < -0.4 is 15.5 Å². The molecular weight excluding hydrogens is 345 g/mol. The number of hydrogen-bond donors (Lipinski definition) is 2. The largest absolute Gasteiger partial charge is 0.371 e. The minimum Gasteiger partial charge on any atom is -0.371 e. The number of rotatable bonds is 5. The Morgan fingerprint density at radius 3 is 2.56 bits per heavy atom. The molecule has 1 aliphatic heterocycles. The first-order chi connectivity index (χ1) is 13.0. The van der Waals surface area contributed by atoms with Crippen LogP contribution in [0.25, 0.3) is 0 Å². The molecule has 2 amide bonds. The van der Waals surface area contributed by atoms with Crippen molar-refractivity contribution >= 4 is 17.5 Å². The molecular formula is C21H24FN3O2. The van der Waals surface area contributed by atoms with Gasteiger partial charge in [-0.3, -0.25) is 9.59 Å². The van der Waals surface area contributed by atoms with Crippen LogP contribution >= 0.6 is 0 Å². The highest BCUT2D eigenvalue weighted by Crippen LogP contribution is 2.24. The second-order valence-corrected chi connectivity index (χ2v) is 6.79. The van der Waals surface area contributed by atoms with E-state index in [2.05, 4.69) is 15.5 Å². The van der Waals surface area contributed by atoms with Gasteiger partial charge in [-0.15, -0.1) is 0 Å². The van der Waals surface area contributed by atoms with E-state index in [1.807, 2.05) is 18.2 Å². The number of piperidine rings is 1. The van der Waals surface area contributed by atoms with Crippen molar-refractivity contribution in [3.63, 3.8) is 0 Å². The van der Waals surface area contributed by atoms with E-state index in [4.69, 9.17) is 0 Å². The van der Waals surface area contributed by atoms with Crippen LogP contribution in [-0.2, 0) is 11.3 Å². The van der Waals surface area contributed by atoms with Gasteiger partial charge in [0.05, 0.1) is 5.56 Å². The van der Waals surface area contributed by atoms with Crippen LogP contribution in [0.15, 0.2) is 48.5 Å². The highest BCUT2D eigenvalue weighted by atomic mass is 19.1. The Morgan fingerprint density at radius 2 is 1.85 bits per heavy atom. The van der Waals surface area contributed by atoms with E-state index in [1.165, 1.54) is 19.1 Å². The van der Waals surface area contributed by atoms with Gasteiger partial charge < -0.3 is 15.5 Å². The van der Waals surface area contributed by atoms with Gasteiger partial charge in [-0.1, -0.05) is 24.3 Å². The van der Waals surface area contributed by atoms with Crippen molar-refractivity contribution in [2.45, 2.75) is 32.4 Å². The van der Waals surface area contributed by atoms with E-state index in [0.29, 0.717) is 5.56 Å². The highest BCUT2D eigenvalue weighted by molar-refractivity contribution is 5.99. The summed E-state index contributed by atoms with van der Waals surface area (Å²) < 4.78 is 13.3. The van der Waals surface area contributed by atoms with Crippen LogP contribution in [0.4, 0.5) is 10.1 Å². The summed E-state index contributed by atoms with van der Waals surface area (Å²) in [7, 11) is 0. The van der Waals surface area contributed by atoms with Crippen molar-refractivity contribution in [1.29, 1.82) is 0 Å². The monoisotopic (exact) mass is 369 g/mol. The van der Waals surface area contributed by atoms with Gasteiger partial charge in [0.2, 0.25) is 5.91 Å². The number of carbonyl (C=O) groups is 2. The summed E-state index contributed by atoms with van der Waals surface area (Å²) in [6, 6.07) is 13.9. The third-order valence-corrected chi connectivity index (χ3v) is 4.73. The maximum Gasteiger partial charge on any atom is 0.253 e. The summed E-state index contributed by atoms with van der Waals surface area (Å²) in [4.78, 5) is 26.1. The number of nitrogens with zero attached hydrogens (tertiary/aromatic N) is 1. The number of anilines is 1. The smallest absolute Gasteiger partial charge is 0.253 e. The van der Waals surface area contributed by atoms with Crippen LogP contribution in [-0.4, -0.2) is 30.9 Å². The molecule has 0 aliphatic carbocycles. The number of carbonyl (C=O) groups excluding carboxylic acids is 2. The van der Waals surface area contributed by atoms with E-state index in [-0.39, 0.29) is 30.2 Å². The number of amides is 2. The number of nitrogens with one attached hydrogen (secondary N) is 2. The lowest BCUT2D eigenvalue weighted by Gasteiger charge is -2.34. The molecule has 2 aromatic rings. The number of hydrogen-bond acceptors (Lipinski definition) is 3. The Bertz CT molecular complexity index is 817. The number of halogens is 1. The van der Waals surface area contributed by atoms with Crippen LogP contribution in [0.1, 0.15) is 35.7 Å². The fourth-order valence-corrected chi connectivity index (χ4v) is 3.42. The molecule has 0 radical (unpaired) electrons. The highest BCUT2D eigenvalue weighted by Gasteiger charge is 2.23. The summed E-state index contributed by atoms with van der Waals surface area (Å²) in [5.74, 6) is -0.506. The molecule has 27 heavy (non-hydrogen) atoms. The maximum absolute atomic E-state index is 13.3. The molecule has 2 aromatic carbocycles. The molecule has 5 nitrogen and oxygen atoms in total. The first kappa shape index (κ1) is 18.9.